The third kappa shape index (κ3) is 6.81. The Morgan fingerprint density at radius 1 is 0.842 bits per heavy atom. The summed E-state index contributed by atoms with van der Waals surface area (Å²) in [5.41, 5.74) is 6.01. The van der Waals surface area contributed by atoms with E-state index >= 15 is 0 Å². The van der Waals surface area contributed by atoms with E-state index in [0.29, 0.717) is 13.2 Å². The van der Waals surface area contributed by atoms with E-state index in [1.807, 2.05) is 0 Å². The lowest BCUT2D eigenvalue weighted by atomic mass is 9.94. The summed E-state index contributed by atoms with van der Waals surface area (Å²) < 4.78 is 12.8. The first-order valence-electron chi connectivity index (χ1n) is 13.7. The molecule has 0 bridgehead atoms. The van der Waals surface area contributed by atoms with Gasteiger partial charge in [0.1, 0.15) is 5.75 Å². The summed E-state index contributed by atoms with van der Waals surface area (Å²) in [6.45, 7) is 4.95. The molecule has 1 amide bonds. The molecule has 0 heterocycles. The quantitative estimate of drug-likeness (QED) is 0.257. The molecule has 5 rings (SSSR count). The number of carbonyl (C=O) groups is 1. The maximum atomic E-state index is 11.4. The Kier molecular flexibility index (Phi) is 8.40. The lowest BCUT2D eigenvalue weighted by Crippen LogP contribution is -2.28. The molecule has 0 aromatic heterocycles. The number of aryl methyl sites for hydroxylation is 1. The number of benzene rings is 4. The van der Waals surface area contributed by atoms with Crippen molar-refractivity contribution in [2.24, 2.45) is 0 Å². The molecule has 1 saturated carbocycles. The van der Waals surface area contributed by atoms with E-state index in [1.165, 1.54) is 38.6 Å². The second kappa shape index (κ2) is 12.3. The lowest BCUT2D eigenvalue weighted by Gasteiger charge is -2.29. The summed E-state index contributed by atoms with van der Waals surface area (Å²) in [6, 6.07) is 30.0. The smallest absolute Gasteiger partial charge is 0.216 e. The van der Waals surface area contributed by atoms with Gasteiger partial charge in [0, 0.05) is 13.5 Å². The number of ether oxygens (including phenoxy) is 2. The first-order valence-corrected chi connectivity index (χ1v) is 13.7. The van der Waals surface area contributed by atoms with E-state index in [0.717, 1.165) is 37.9 Å². The first kappa shape index (κ1) is 26.0. The van der Waals surface area contributed by atoms with Gasteiger partial charge in [-0.3, -0.25) is 4.79 Å². The second-order valence-corrected chi connectivity index (χ2v) is 10.4. The van der Waals surface area contributed by atoms with Gasteiger partial charge in [0.05, 0.1) is 18.8 Å². The molecule has 4 heteroatoms. The maximum absolute atomic E-state index is 11.4. The van der Waals surface area contributed by atoms with Gasteiger partial charge in [-0.15, -0.1) is 0 Å². The van der Waals surface area contributed by atoms with Gasteiger partial charge in [-0.05, 0) is 90.3 Å². The van der Waals surface area contributed by atoms with Gasteiger partial charge in [-0.2, -0.15) is 0 Å². The minimum atomic E-state index is -0.00101. The van der Waals surface area contributed by atoms with Crippen molar-refractivity contribution in [3.05, 3.63) is 102 Å². The van der Waals surface area contributed by atoms with Crippen LogP contribution in [-0.2, 0) is 22.6 Å². The van der Waals surface area contributed by atoms with Crippen LogP contribution in [0.2, 0.25) is 0 Å². The highest BCUT2D eigenvalue weighted by Crippen LogP contribution is 2.32. The van der Waals surface area contributed by atoms with Crippen LogP contribution < -0.4 is 10.1 Å². The molecule has 0 spiro atoms. The Hall–Kier alpha value is -3.63. The highest BCUT2D eigenvalue weighted by Gasteiger charge is 2.23. The summed E-state index contributed by atoms with van der Waals surface area (Å²) >= 11 is 0. The normalized spacial score (nSPS) is 17.3. The van der Waals surface area contributed by atoms with E-state index in [-0.39, 0.29) is 18.1 Å². The number of amides is 1. The van der Waals surface area contributed by atoms with Crippen molar-refractivity contribution in [1.82, 2.24) is 5.32 Å². The van der Waals surface area contributed by atoms with Gasteiger partial charge in [0.15, 0.2) is 0 Å². The fourth-order valence-corrected chi connectivity index (χ4v) is 5.35. The molecule has 4 aromatic rings. The largest absolute Gasteiger partial charge is 0.490 e. The van der Waals surface area contributed by atoms with Crippen molar-refractivity contribution < 1.29 is 14.3 Å². The van der Waals surface area contributed by atoms with Crippen LogP contribution in [0.15, 0.2) is 84.9 Å². The number of hydrogen-bond donors (Lipinski definition) is 1. The molecular weight excluding hydrogens is 470 g/mol. The van der Waals surface area contributed by atoms with E-state index in [2.05, 4.69) is 97.2 Å². The Morgan fingerprint density at radius 3 is 2.42 bits per heavy atom. The van der Waals surface area contributed by atoms with Gasteiger partial charge < -0.3 is 14.8 Å². The van der Waals surface area contributed by atoms with E-state index in [1.54, 1.807) is 6.92 Å². The lowest BCUT2D eigenvalue weighted by molar-refractivity contribution is -0.118. The van der Waals surface area contributed by atoms with Crippen molar-refractivity contribution in [3.63, 3.8) is 0 Å². The van der Waals surface area contributed by atoms with Crippen LogP contribution in [0.3, 0.4) is 0 Å². The van der Waals surface area contributed by atoms with Crippen LogP contribution in [0.25, 0.3) is 21.9 Å². The Bertz CT molecular complexity index is 1390. The molecule has 0 aliphatic heterocycles. The van der Waals surface area contributed by atoms with Crippen molar-refractivity contribution in [1.29, 1.82) is 0 Å². The van der Waals surface area contributed by atoms with Gasteiger partial charge in [-0.1, -0.05) is 72.3 Å². The zero-order valence-corrected chi connectivity index (χ0v) is 22.4. The van der Waals surface area contributed by atoms with E-state index < -0.39 is 0 Å². The van der Waals surface area contributed by atoms with Gasteiger partial charge in [0.2, 0.25) is 5.91 Å². The van der Waals surface area contributed by atoms with Crippen molar-refractivity contribution in [2.45, 2.75) is 64.8 Å². The molecule has 0 unspecified atom stereocenters. The summed E-state index contributed by atoms with van der Waals surface area (Å²) in [4.78, 5) is 11.4. The third-order valence-electron chi connectivity index (χ3n) is 7.40. The van der Waals surface area contributed by atoms with E-state index in [4.69, 9.17) is 9.47 Å². The molecular formula is C34H37NO3. The molecule has 1 fully saturated rings. The first-order chi connectivity index (χ1) is 18.5. The summed E-state index contributed by atoms with van der Waals surface area (Å²) in [6.07, 6.45) is 5.27. The molecule has 1 N–H and O–H groups in total. The predicted molar refractivity (Wildman–Crippen MR) is 154 cm³/mol. The van der Waals surface area contributed by atoms with Gasteiger partial charge in [-0.25, -0.2) is 0 Å². The molecule has 4 nitrogen and oxygen atoms in total. The number of rotatable bonds is 9. The Labute approximate surface area is 226 Å². The molecule has 1 aliphatic rings. The zero-order valence-electron chi connectivity index (χ0n) is 22.4. The predicted octanol–water partition coefficient (Wildman–Crippen LogP) is 7.40. The van der Waals surface area contributed by atoms with Crippen LogP contribution in [0.4, 0.5) is 0 Å². The fraction of sp³-hybridized carbons (Fsp3) is 0.324. The minimum Gasteiger partial charge on any atom is -0.490 e. The van der Waals surface area contributed by atoms with E-state index in [9.17, 15) is 4.79 Å². The fourth-order valence-electron chi connectivity index (χ4n) is 5.35. The molecule has 1 aliphatic carbocycles. The Morgan fingerprint density at radius 2 is 1.63 bits per heavy atom. The molecule has 0 radical (unpaired) electrons. The Balaban J connectivity index is 1.18. The SMILES string of the molecule is CC(=O)NCCc1ccc(OC2CCC(OCc3ccc4ccccc4c3)CC2)cc1-c1cccc(C)c1. The van der Waals surface area contributed by atoms with Gasteiger partial charge in [0.25, 0.3) is 0 Å². The number of fused-ring (bicyclic) bond motifs is 1. The highest BCUT2D eigenvalue weighted by molar-refractivity contribution is 5.83. The highest BCUT2D eigenvalue weighted by atomic mass is 16.5. The maximum Gasteiger partial charge on any atom is 0.216 e. The van der Waals surface area contributed by atoms with Crippen molar-refractivity contribution in [3.8, 4) is 16.9 Å². The van der Waals surface area contributed by atoms with Crippen LogP contribution in [0.1, 0.15) is 49.3 Å². The second-order valence-electron chi connectivity index (χ2n) is 10.4. The van der Waals surface area contributed by atoms with Crippen molar-refractivity contribution >= 4 is 16.7 Å². The topological polar surface area (TPSA) is 47.6 Å². The van der Waals surface area contributed by atoms with Crippen LogP contribution in [0, 0.1) is 6.92 Å². The average Bonchev–Trinajstić information content (AvgIpc) is 2.93. The molecule has 38 heavy (non-hydrogen) atoms. The number of nitrogens with one attached hydrogen (secondary N) is 1. The average molecular weight is 508 g/mol. The van der Waals surface area contributed by atoms with Crippen LogP contribution >= 0.6 is 0 Å². The molecule has 0 saturated heterocycles. The van der Waals surface area contributed by atoms with Crippen molar-refractivity contribution in [2.75, 3.05) is 6.54 Å². The minimum absolute atomic E-state index is 0.00101. The molecule has 196 valence electrons. The summed E-state index contributed by atoms with van der Waals surface area (Å²) in [5.74, 6) is 0.907. The monoisotopic (exact) mass is 507 g/mol. The number of carbonyl (C=O) groups excluding carboxylic acids is 1. The van der Waals surface area contributed by atoms with Crippen LogP contribution in [0.5, 0.6) is 5.75 Å². The summed E-state index contributed by atoms with van der Waals surface area (Å²) in [7, 11) is 0. The third-order valence-corrected chi connectivity index (χ3v) is 7.40. The summed E-state index contributed by atoms with van der Waals surface area (Å²) in [5, 5.41) is 5.44. The van der Waals surface area contributed by atoms with Gasteiger partial charge >= 0.3 is 0 Å². The molecule has 0 atom stereocenters. The number of hydrogen-bond acceptors (Lipinski definition) is 3. The standard InChI is InChI=1S/C34H37NO3/c1-24-6-5-9-30(20-24)34-22-33(13-12-28(34)18-19-35-25(2)36)38-32-16-14-31(15-17-32)37-23-26-10-11-27-7-3-4-8-29(27)21-26/h3-13,20-22,31-32H,14-19,23H2,1-2H3,(H,35,36). The van der Waals surface area contributed by atoms with Crippen LogP contribution in [-0.4, -0.2) is 24.7 Å². The zero-order chi connectivity index (χ0) is 26.3. The molecule has 4 aromatic carbocycles.